The number of rotatable bonds is 8. The zero-order valence-electron chi connectivity index (χ0n) is 20.9. The van der Waals surface area contributed by atoms with Gasteiger partial charge in [-0.05, 0) is 55.5 Å². The molecule has 1 aliphatic heterocycles. The topological polar surface area (TPSA) is 73.9 Å². The number of nitrogens with one attached hydrogen (secondary N) is 1. The highest BCUT2D eigenvalue weighted by Gasteiger charge is 2.43. The molecule has 0 spiro atoms. The number of carbonyl (C=O) groups excluding carboxylic acids is 2. The van der Waals surface area contributed by atoms with Crippen molar-refractivity contribution >= 4 is 11.8 Å². The second-order valence-corrected chi connectivity index (χ2v) is 9.73. The van der Waals surface area contributed by atoms with Crippen LogP contribution in [0.2, 0.25) is 0 Å². The van der Waals surface area contributed by atoms with Crippen molar-refractivity contribution in [3.63, 3.8) is 0 Å². The first-order valence-electron chi connectivity index (χ1n) is 12.1. The van der Waals surface area contributed by atoms with E-state index in [4.69, 9.17) is 14.2 Å². The largest absolute Gasteiger partial charge is 0.494 e. The molecule has 1 unspecified atom stereocenters. The number of allylic oxidation sites excluding steroid dienone is 3. The van der Waals surface area contributed by atoms with Gasteiger partial charge in [-0.15, -0.1) is 0 Å². The van der Waals surface area contributed by atoms with Crippen LogP contribution in [0, 0.1) is 5.41 Å². The van der Waals surface area contributed by atoms with Gasteiger partial charge in [0.2, 0.25) is 0 Å². The highest BCUT2D eigenvalue weighted by atomic mass is 16.6. The van der Waals surface area contributed by atoms with E-state index in [1.165, 1.54) is 0 Å². The number of benzene rings is 2. The Kier molecular flexibility index (Phi) is 7.29. The van der Waals surface area contributed by atoms with E-state index < -0.39 is 11.9 Å². The Labute approximate surface area is 207 Å². The van der Waals surface area contributed by atoms with Crippen molar-refractivity contribution in [2.24, 2.45) is 5.41 Å². The van der Waals surface area contributed by atoms with Gasteiger partial charge in [0.15, 0.2) is 5.78 Å². The van der Waals surface area contributed by atoms with Crippen molar-refractivity contribution in [3.05, 3.63) is 82.7 Å². The summed E-state index contributed by atoms with van der Waals surface area (Å²) in [5.74, 6) is 0.588. The van der Waals surface area contributed by atoms with Gasteiger partial charge in [0.05, 0.1) is 12.2 Å². The summed E-state index contributed by atoms with van der Waals surface area (Å²) in [6.45, 7) is 8.90. The molecule has 0 aromatic heterocycles. The first kappa shape index (κ1) is 24.6. The Morgan fingerprint density at radius 1 is 0.971 bits per heavy atom. The summed E-state index contributed by atoms with van der Waals surface area (Å²) in [6.07, 6.45) is 1.18. The maximum atomic E-state index is 13.4. The van der Waals surface area contributed by atoms with Gasteiger partial charge in [0.1, 0.15) is 24.7 Å². The van der Waals surface area contributed by atoms with Crippen molar-refractivity contribution < 1.29 is 23.8 Å². The minimum absolute atomic E-state index is 0.0628. The first-order valence-corrected chi connectivity index (χ1v) is 12.1. The normalized spacial score (nSPS) is 19.1. The van der Waals surface area contributed by atoms with Crippen molar-refractivity contribution in [1.82, 2.24) is 5.32 Å². The average molecular weight is 476 g/mol. The molecule has 2 aromatic rings. The minimum Gasteiger partial charge on any atom is -0.494 e. The molecular weight excluding hydrogens is 442 g/mol. The predicted molar refractivity (Wildman–Crippen MR) is 134 cm³/mol. The van der Waals surface area contributed by atoms with Crippen molar-refractivity contribution in [2.45, 2.75) is 46.5 Å². The fourth-order valence-corrected chi connectivity index (χ4v) is 4.85. The van der Waals surface area contributed by atoms with Gasteiger partial charge in [0, 0.05) is 29.3 Å². The fraction of sp³-hybridized carbons (Fsp3) is 0.379. The first-order chi connectivity index (χ1) is 16.8. The molecule has 0 bridgehead atoms. The highest BCUT2D eigenvalue weighted by molar-refractivity contribution is 6.04. The second-order valence-electron chi connectivity index (χ2n) is 9.73. The maximum Gasteiger partial charge on any atom is 0.336 e. The van der Waals surface area contributed by atoms with E-state index in [0.29, 0.717) is 29.9 Å². The fourth-order valence-electron chi connectivity index (χ4n) is 4.85. The van der Waals surface area contributed by atoms with E-state index in [-0.39, 0.29) is 24.4 Å². The van der Waals surface area contributed by atoms with E-state index in [1.54, 1.807) is 0 Å². The minimum atomic E-state index is -0.493. The van der Waals surface area contributed by atoms with Gasteiger partial charge in [-0.3, -0.25) is 4.79 Å². The third-order valence-corrected chi connectivity index (χ3v) is 6.31. The second kappa shape index (κ2) is 10.4. The molecule has 6 nitrogen and oxygen atoms in total. The Morgan fingerprint density at radius 2 is 1.66 bits per heavy atom. The summed E-state index contributed by atoms with van der Waals surface area (Å²) in [5, 5.41) is 3.36. The molecule has 0 saturated heterocycles. The third kappa shape index (κ3) is 5.59. The number of Topliss-reactive ketones (excluding diaryl/α,β-unsaturated/α-hetero) is 1. The molecule has 2 aromatic carbocycles. The molecule has 2 aliphatic rings. The Hall–Kier alpha value is -3.54. The zero-order valence-corrected chi connectivity index (χ0v) is 20.9. The summed E-state index contributed by atoms with van der Waals surface area (Å²) < 4.78 is 16.9. The maximum absolute atomic E-state index is 13.4. The van der Waals surface area contributed by atoms with Gasteiger partial charge in [-0.25, -0.2) is 4.79 Å². The molecule has 1 aliphatic carbocycles. The lowest BCUT2D eigenvalue weighted by Gasteiger charge is -2.39. The van der Waals surface area contributed by atoms with Crippen molar-refractivity contribution in [2.75, 3.05) is 19.8 Å². The third-order valence-electron chi connectivity index (χ3n) is 6.31. The molecule has 35 heavy (non-hydrogen) atoms. The van der Waals surface area contributed by atoms with Crippen LogP contribution in [-0.4, -0.2) is 31.6 Å². The summed E-state index contributed by atoms with van der Waals surface area (Å²) in [5.41, 5.74) is 3.45. The van der Waals surface area contributed by atoms with Crippen LogP contribution >= 0.6 is 0 Å². The van der Waals surface area contributed by atoms with Crippen molar-refractivity contribution in [3.8, 4) is 11.5 Å². The lowest BCUT2D eigenvalue weighted by atomic mass is 9.68. The van der Waals surface area contributed by atoms with E-state index >= 15 is 0 Å². The van der Waals surface area contributed by atoms with Crippen LogP contribution in [0.25, 0.3) is 0 Å². The van der Waals surface area contributed by atoms with Crippen LogP contribution in [-0.2, 0) is 14.3 Å². The SMILES string of the molecule is CCOc1ccc(C2C(C(=O)OCCOc3ccccc3)=C(C)NC3=C2C(=O)CC(C)(C)C3)cc1. The average Bonchev–Trinajstić information content (AvgIpc) is 2.81. The number of hydrogen-bond acceptors (Lipinski definition) is 6. The van der Waals surface area contributed by atoms with Crippen molar-refractivity contribution in [1.29, 1.82) is 0 Å². The van der Waals surface area contributed by atoms with E-state index in [0.717, 1.165) is 29.2 Å². The molecule has 6 heteroatoms. The number of hydrogen-bond donors (Lipinski definition) is 1. The number of esters is 1. The Morgan fingerprint density at radius 3 is 2.34 bits per heavy atom. The van der Waals surface area contributed by atoms with Crippen LogP contribution in [0.5, 0.6) is 11.5 Å². The van der Waals surface area contributed by atoms with Crippen LogP contribution in [0.4, 0.5) is 0 Å². The van der Waals surface area contributed by atoms with Gasteiger partial charge < -0.3 is 19.5 Å². The number of dihydropyridines is 1. The van der Waals surface area contributed by atoms with Crippen LogP contribution in [0.15, 0.2) is 77.1 Å². The lowest BCUT2D eigenvalue weighted by molar-refractivity contribution is -0.140. The monoisotopic (exact) mass is 475 g/mol. The Balaban J connectivity index is 1.60. The zero-order chi connectivity index (χ0) is 25.0. The van der Waals surface area contributed by atoms with Crippen LogP contribution in [0.3, 0.4) is 0 Å². The van der Waals surface area contributed by atoms with Gasteiger partial charge in [0.25, 0.3) is 0 Å². The molecule has 1 atom stereocenters. The van der Waals surface area contributed by atoms with Gasteiger partial charge in [-0.1, -0.05) is 44.2 Å². The summed E-state index contributed by atoms with van der Waals surface area (Å²) in [6, 6.07) is 17.0. The van der Waals surface area contributed by atoms with Gasteiger partial charge >= 0.3 is 5.97 Å². The quantitative estimate of drug-likeness (QED) is 0.412. The van der Waals surface area contributed by atoms with E-state index in [9.17, 15) is 9.59 Å². The number of ketones is 1. The molecular formula is C29H33NO5. The number of ether oxygens (including phenoxy) is 3. The standard InChI is InChI=1S/C29H33NO5/c1-5-33-22-13-11-20(12-14-22)26-25(28(32)35-16-15-34-21-9-7-6-8-10-21)19(2)30-23-17-29(3,4)18-24(31)27(23)26/h6-14,26,30H,5,15-18H2,1-4H3. The molecule has 0 amide bonds. The molecule has 1 heterocycles. The number of carbonyl (C=O) groups is 2. The molecule has 0 saturated carbocycles. The molecule has 0 fully saturated rings. The summed E-state index contributed by atoms with van der Waals surface area (Å²) >= 11 is 0. The molecule has 184 valence electrons. The smallest absolute Gasteiger partial charge is 0.336 e. The number of para-hydroxylation sites is 1. The highest BCUT2D eigenvalue weighted by Crippen LogP contribution is 2.46. The van der Waals surface area contributed by atoms with E-state index in [1.807, 2.05) is 68.4 Å². The molecule has 1 N–H and O–H groups in total. The lowest BCUT2D eigenvalue weighted by Crippen LogP contribution is -2.38. The van der Waals surface area contributed by atoms with Crippen LogP contribution in [0.1, 0.15) is 52.0 Å². The molecule has 4 rings (SSSR count). The summed E-state index contributed by atoms with van der Waals surface area (Å²) in [7, 11) is 0. The Bertz CT molecular complexity index is 1150. The predicted octanol–water partition coefficient (Wildman–Crippen LogP) is 5.31. The molecule has 0 radical (unpaired) electrons. The summed E-state index contributed by atoms with van der Waals surface area (Å²) in [4.78, 5) is 26.7. The van der Waals surface area contributed by atoms with Crippen LogP contribution < -0.4 is 14.8 Å². The van der Waals surface area contributed by atoms with E-state index in [2.05, 4.69) is 19.2 Å². The van der Waals surface area contributed by atoms with Gasteiger partial charge in [-0.2, -0.15) is 0 Å².